The van der Waals surface area contributed by atoms with Crippen LogP contribution in [-0.2, 0) is 16.6 Å². The number of thiazole rings is 1. The van der Waals surface area contributed by atoms with Gasteiger partial charge in [-0.3, -0.25) is 24.2 Å². The highest BCUT2D eigenvalue weighted by molar-refractivity contribution is 7.21. The lowest BCUT2D eigenvalue weighted by atomic mass is 9.96. The molecule has 0 bridgehead atoms. The summed E-state index contributed by atoms with van der Waals surface area (Å²) in [6, 6.07) is 1.72. The molecule has 188 valence electrons. The Bertz CT molecular complexity index is 1460. The third-order valence-corrected chi connectivity index (χ3v) is 7.46. The average molecular weight is 509 g/mol. The van der Waals surface area contributed by atoms with Crippen LogP contribution in [0.4, 0.5) is 11.4 Å². The molecule has 2 amide bonds. The smallest absolute Gasteiger partial charge is 0.260 e. The van der Waals surface area contributed by atoms with Crippen LogP contribution < -0.4 is 10.6 Å². The van der Waals surface area contributed by atoms with Gasteiger partial charge in [-0.2, -0.15) is 10.2 Å². The molecule has 36 heavy (non-hydrogen) atoms. The lowest BCUT2D eigenvalue weighted by molar-refractivity contribution is -0.131. The summed E-state index contributed by atoms with van der Waals surface area (Å²) in [5.74, 6) is -0.444. The predicted molar refractivity (Wildman–Crippen MR) is 137 cm³/mol. The molecule has 0 atom stereocenters. The van der Waals surface area contributed by atoms with Crippen LogP contribution >= 0.6 is 11.3 Å². The van der Waals surface area contributed by atoms with Gasteiger partial charge in [0.15, 0.2) is 0 Å². The molecule has 1 aliphatic heterocycles. The second-order valence-corrected chi connectivity index (χ2v) is 10.4. The fourth-order valence-electron chi connectivity index (χ4n) is 4.37. The molecule has 1 fully saturated rings. The zero-order valence-corrected chi connectivity index (χ0v) is 21.6. The molecule has 0 aliphatic carbocycles. The fourth-order valence-corrected chi connectivity index (χ4v) is 5.49. The van der Waals surface area contributed by atoms with Crippen molar-refractivity contribution < 1.29 is 14.3 Å². The Morgan fingerprint density at radius 3 is 2.64 bits per heavy atom. The van der Waals surface area contributed by atoms with Crippen molar-refractivity contribution in [3.05, 3.63) is 47.8 Å². The van der Waals surface area contributed by atoms with E-state index in [2.05, 4.69) is 25.8 Å². The van der Waals surface area contributed by atoms with Gasteiger partial charge >= 0.3 is 0 Å². The summed E-state index contributed by atoms with van der Waals surface area (Å²) in [6.45, 7) is 7.44. The van der Waals surface area contributed by atoms with Gasteiger partial charge in [-0.1, -0.05) is 0 Å². The number of hydrogen-bond donors (Lipinski definition) is 2. The summed E-state index contributed by atoms with van der Waals surface area (Å²) in [6.07, 6.45) is 6.99. The number of nitrogens with one attached hydrogen (secondary N) is 2. The number of hydrogen-bond acceptors (Lipinski definition) is 8. The second-order valence-electron chi connectivity index (χ2n) is 9.36. The molecule has 5 rings (SSSR count). The Balaban J connectivity index is 1.28. The van der Waals surface area contributed by atoms with E-state index in [0.717, 1.165) is 21.0 Å². The first-order valence-corrected chi connectivity index (χ1v) is 12.3. The molecule has 11 nitrogen and oxygen atoms in total. The summed E-state index contributed by atoms with van der Waals surface area (Å²) in [5, 5.41) is 14.5. The Morgan fingerprint density at radius 2 is 1.94 bits per heavy atom. The molecule has 4 aromatic heterocycles. The van der Waals surface area contributed by atoms with Crippen LogP contribution in [0.2, 0.25) is 0 Å². The third-order valence-electron chi connectivity index (χ3n) is 6.31. The Labute approximate surface area is 212 Å². The van der Waals surface area contributed by atoms with Crippen LogP contribution in [0, 0.1) is 13.8 Å². The van der Waals surface area contributed by atoms with Crippen molar-refractivity contribution in [2.75, 3.05) is 37.4 Å². The van der Waals surface area contributed by atoms with E-state index in [0.29, 0.717) is 35.7 Å². The Hall–Kier alpha value is -3.61. The van der Waals surface area contributed by atoms with E-state index in [4.69, 9.17) is 4.74 Å². The Morgan fingerprint density at radius 1 is 1.17 bits per heavy atom. The maximum absolute atomic E-state index is 13.2. The molecule has 1 saturated heterocycles. The van der Waals surface area contributed by atoms with Gasteiger partial charge in [0.2, 0.25) is 5.91 Å². The summed E-state index contributed by atoms with van der Waals surface area (Å²) >= 11 is 1.48. The predicted octanol–water partition coefficient (Wildman–Crippen LogP) is 2.72. The van der Waals surface area contributed by atoms with E-state index < -0.39 is 0 Å². The molecule has 0 unspecified atom stereocenters. The van der Waals surface area contributed by atoms with Crippen molar-refractivity contribution in [1.29, 1.82) is 0 Å². The van der Waals surface area contributed by atoms with Crippen molar-refractivity contribution in [3.8, 4) is 10.4 Å². The van der Waals surface area contributed by atoms with Crippen LogP contribution in [0.15, 0.2) is 30.9 Å². The quantitative estimate of drug-likeness (QED) is 0.394. The SMILES string of the molecule is COC1(C)CN(CC(=O)Nc2cnc(C)c(NC(=O)c3cnn4cc(-c5cn(C)nc5C)sc34)c2)C1. The monoisotopic (exact) mass is 508 g/mol. The first-order chi connectivity index (χ1) is 17.1. The minimum atomic E-state index is -0.297. The molecule has 0 radical (unpaired) electrons. The number of fused-ring (bicyclic) bond motifs is 1. The summed E-state index contributed by atoms with van der Waals surface area (Å²) in [4.78, 5) is 33.7. The molecule has 4 aromatic rings. The highest BCUT2D eigenvalue weighted by atomic mass is 32.1. The molecule has 5 heterocycles. The minimum absolute atomic E-state index is 0.147. The number of likely N-dealkylation sites (tertiary alicyclic amines) is 1. The van der Waals surface area contributed by atoms with Crippen molar-refractivity contribution in [3.63, 3.8) is 0 Å². The van der Waals surface area contributed by atoms with Gasteiger partial charge in [0.05, 0.1) is 57.7 Å². The second kappa shape index (κ2) is 9.12. The number of methoxy groups -OCH3 is 1. The van der Waals surface area contributed by atoms with Gasteiger partial charge in [-0.25, -0.2) is 4.52 Å². The molecule has 0 saturated carbocycles. The van der Waals surface area contributed by atoms with E-state index in [1.54, 1.807) is 41.7 Å². The molecule has 2 N–H and O–H groups in total. The number of aromatic nitrogens is 5. The summed E-state index contributed by atoms with van der Waals surface area (Å²) in [5.41, 5.74) is 3.86. The standard InChI is InChI=1S/C24H28N8O3S/c1-14-18(9-30(4)29-14)20-10-32-23(36-20)17(8-26-32)22(34)28-19-6-16(7-25-15(19)2)27-21(33)11-31-12-24(3,13-31)35-5/h6-10H,11-13H2,1-5H3,(H,27,33)(H,28,34). The zero-order chi connectivity index (χ0) is 25.6. The highest BCUT2D eigenvalue weighted by Gasteiger charge is 2.39. The highest BCUT2D eigenvalue weighted by Crippen LogP contribution is 2.32. The first kappa shape index (κ1) is 24.1. The van der Waals surface area contributed by atoms with Crippen LogP contribution in [0.5, 0.6) is 0 Å². The molecular weight excluding hydrogens is 480 g/mol. The van der Waals surface area contributed by atoms with E-state index in [-0.39, 0.29) is 24.0 Å². The van der Waals surface area contributed by atoms with Crippen LogP contribution in [0.1, 0.15) is 28.7 Å². The molecular formula is C24H28N8O3S. The number of carbonyl (C=O) groups excluding carboxylic acids is 2. The largest absolute Gasteiger partial charge is 0.376 e. The fraction of sp³-hybridized carbons (Fsp3) is 0.375. The van der Waals surface area contributed by atoms with Gasteiger partial charge in [0.1, 0.15) is 4.83 Å². The Kier molecular flexibility index (Phi) is 6.10. The first-order valence-electron chi connectivity index (χ1n) is 11.5. The number of pyridine rings is 1. The number of nitrogens with zero attached hydrogens (tertiary/aromatic N) is 6. The van der Waals surface area contributed by atoms with Crippen LogP contribution in [0.25, 0.3) is 15.3 Å². The summed E-state index contributed by atoms with van der Waals surface area (Å²) < 4.78 is 8.89. The number of ether oxygens (including phenoxy) is 1. The number of rotatable bonds is 7. The van der Waals surface area contributed by atoms with Gasteiger partial charge < -0.3 is 15.4 Å². The van der Waals surface area contributed by atoms with E-state index in [1.165, 1.54) is 11.3 Å². The van der Waals surface area contributed by atoms with Crippen molar-refractivity contribution in [2.24, 2.45) is 7.05 Å². The topological polar surface area (TPSA) is 119 Å². The molecule has 0 aromatic carbocycles. The average Bonchev–Trinajstić information content (AvgIpc) is 3.48. The van der Waals surface area contributed by atoms with Gasteiger partial charge in [0, 0.05) is 45.2 Å². The van der Waals surface area contributed by atoms with E-state index >= 15 is 0 Å². The third kappa shape index (κ3) is 4.62. The maximum atomic E-state index is 13.2. The maximum Gasteiger partial charge on any atom is 0.260 e. The number of aryl methyl sites for hydroxylation is 3. The number of anilines is 2. The summed E-state index contributed by atoms with van der Waals surface area (Å²) in [7, 11) is 3.56. The minimum Gasteiger partial charge on any atom is -0.376 e. The number of amides is 2. The van der Waals surface area contributed by atoms with Crippen LogP contribution in [-0.4, -0.2) is 73.4 Å². The molecule has 12 heteroatoms. The lowest BCUT2D eigenvalue weighted by Gasteiger charge is -2.46. The molecule has 1 aliphatic rings. The normalized spacial score (nSPS) is 15.1. The van der Waals surface area contributed by atoms with Crippen LogP contribution in [0.3, 0.4) is 0 Å². The van der Waals surface area contributed by atoms with E-state index in [9.17, 15) is 9.59 Å². The van der Waals surface area contributed by atoms with Crippen molar-refractivity contribution in [2.45, 2.75) is 26.4 Å². The number of carbonyl (C=O) groups is 2. The van der Waals surface area contributed by atoms with E-state index in [1.807, 2.05) is 38.2 Å². The molecule has 0 spiro atoms. The zero-order valence-electron chi connectivity index (χ0n) is 20.8. The lowest BCUT2D eigenvalue weighted by Crippen LogP contribution is -2.62. The van der Waals surface area contributed by atoms with Gasteiger partial charge in [-0.15, -0.1) is 11.3 Å². The van der Waals surface area contributed by atoms with Crippen molar-refractivity contribution >= 4 is 39.4 Å². The van der Waals surface area contributed by atoms with Gasteiger partial charge in [0.25, 0.3) is 5.91 Å². The van der Waals surface area contributed by atoms with Crippen molar-refractivity contribution in [1.82, 2.24) is 29.3 Å². The van der Waals surface area contributed by atoms with Gasteiger partial charge in [-0.05, 0) is 26.8 Å².